The molecule has 1 aliphatic carbocycles. The van der Waals surface area contributed by atoms with E-state index in [2.05, 4.69) is 13.2 Å². The summed E-state index contributed by atoms with van der Waals surface area (Å²) in [7, 11) is 0. The van der Waals surface area contributed by atoms with Crippen molar-refractivity contribution in [1.29, 1.82) is 0 Å². The minimum atomic E-state index is -0.477. The largest absolute Gasteiger partial charge is 0.497 e. The molecule has 0 N–H and O–H groups in total. The Kier molecular flexibility index (Phi) is 5.87. The maximum atomic E-state index is 12.7. The van der Waals surface area contributed by atoms with Crippen LogP contribution in [0.15, 0.2) is 96.9 Å². The number of rotatable bonds is 7. The molecule has 138 valence electrons. The molecule has 3 rings (SSSR count). The van der Waals surface area contributed by atoms with Crippen molar-refractivity contribution in [2.75, 3.05) is 13.2 Å². The van der Waals surface area contributed by atoms with Crippen LogP contribution in [0.1, 0.15) is 6.42 Å². The summed E-state index contributed by atoms with van der Waals surface area (Å²) < 4.78 is 5.42. The van der Waals surface area contributed by atoms with Crippen LogP contribution < -0.4 is 0 Å². The number of carbonyl (C=O) groups is 2. The van der Waals surface area contributed by atoms with Crippen molar-refractivity contribution in [1.82, 2.24) is 4.90 Å². The van der Waals surface area contributed by atoms with Crippen molar-refractivity contribution >= 4 is 11.8 Å². The summed E-state index contributed by atoms with van der Waals surface area (Å²) in [4.78, 5) is 26.8. The van der Waals surface area contributed by atoms with E-state index in [1.807, 2.05) is 36.5 Å². The number of imide groups is 1. The molecule has 0 spiro atoms. The van der Waals surface area contributed by atoms with E-state index in [-0.39, 0.29) is 17.7 Å². The molecule has 0 aromatic carbocycles. The van der Waals surface area contributed by atoms with Gasteiger partial charge in [-0.25, -0.2) is 0 Å². The molecule has 2 amide bonds. The predicted molar refractivity (Wildman–Crippen MR) is 106 cm³/mol. The third-order valence-electron chi connectivity index (χ3n) is 4.88. The van der Waals surface area contributed by atoms with Gasteiger partial charge < -0.3 is 4.74 Å². The Labute approximate surface area is 159 Å². The minimum absolute atomic E-state index is 0.0124. The second-order valence-corrected chi connectivity index (χ2v) is 6.56. The van der Waals surface area contributed by atoms with Crippen molar-refractivity contribution < 1.29 is 14.3 Å². The van der Waals surface area contributed by atoms with Gasteiger partial charge in [-0.15, -0.1) is 0 Å². The van der Waals surface area contributed by atoms with E-state index in [1.54, 1.807) is 30.6 Å². The van der Waals surface area contributed by atoms with Crippen LogP contribution in [-0.4, -0.2) is 29.9 Å². The summed E-state index contributed by atoms with van der Waals surface area (Å²) in [6.07, 6.45) is 20.5. The number of likely N-dealkylation sites (tertiary alicyclic amines) is 1. The summed E-state index contributed by atoms with van der Waals surface area (Å²) in [5.74, 6) is -0.858. The summed E-state index contributed by atoms with van der Waals surface area (Å²) >= 11 is 0. The van der Waals surface area contributed by atoms with E-state index < -0.39 is 5.92 Å². The molecule has 2 unspecified atom stereocenters. The maximum Gasteiger partial charge on any atom is 0.257 e. The van der Waals surface area contributed by atoms with Crippen LogP contribution in [-0.2, 0) is 14.3 Å². The first kappa shape index (κ1) is 18.6. The van der Waals surface area contributed by atoms with Crippen molar-refractivity contribution in [3.8, 4) is 0 Å². The molecular formula is C23H23NO3. The number of nitrogens with zero attached hydrogens (tertiary/aromatic N) is 1. The van der Waals surface area contributed by atoms with Crippen molar-refractivity contribution in [2.24, 2.45) is 11.8 Å². The Bertz CT molecular complexity index is 836. The van der Waals surface area contributed by atoms with Crippen LogP contribution in [0.5, 0.6) is 0 Å². The van der Waals surface area contributed by atoms with Crippen molar-refractivity contribution in [2.45, 2.75) is 6.42 Å². The number of allylic oxidation sites excluding steroid dienone is 10. The van der Waals surface area contributed by atoms with E-state index in [1.165, 1.54) is 4.90 Å². The molecule has 27 heavy (non-hydrogen) atoms. The van der Waals surface area contributed by atoms with Gasteiger partial charge in [0.05, 0.1) is 12.2 Å². The van der Waals surface area contributed by atoms with E-state index in [9.17, 15) is 9.59 Å². The van der Waals surface area contributed by atoms with Gasteiger partial charge in [0.1, 0.15) is 6.61 Å². The van der Waals surface area contributed by atoms with Crippen LogP contribution in [0.3, 0.4) is 0 Å². The molecule has 2 atom stereocenters. The highest BCUT2D eigenvalue weighted by molar-refractivity contribution is 6.15. The molecule has 1 saturated heterocycles. The maximum absolute atomic E-state index is 12.7. The fourth-order valence-corrected chi connectivity index (χ4v) is 3.46. The topological polar surface area (TPSA) is 46.6 Å². The molecule has 4 heteroatoms. The fourth-order valence-electron chi connectivity index (χ4n) is 3.46. The normalized spacial score (nSPS) is 22.2. The fraction of sp³-hybridized carbons (Fsp3) is 0.217. The predicted octanol–water partition coefficient (Wildman–Crippen LogP) is 3.80. The second-order valence-electron chi connectivity index (χ2n) is 6.56. The van der Waals surface area contributed by atoms with Crippen LogP contribution in [0.25, 0.3) is 0 Å². The lowest BCUT2D eigenvalue weighted by Gasteiger charge is -2.24. The average Bonchev–Trinajstić information content (AvgIpc) is 2.87. The number of carbonyl (C=O) groups excluding carboxylic acids is 2. The highest BCUT2D eigenvalue weighted by Crippen LogP contribution is 2.31. The highest BCUT2D eigenvalue weighted by Gasteiger charge is 2.41. The molecule has 2 aliphatic heterocycles. The standard InChI is InChI=1S/C23H23NO3/c1-3-4-9-17(2)19(18-10-8-15-27-16-18)13-14-24-22(25)20-11-6-5-7-12-21(20)23(24)26/h3-12,15,19-20H,1-2,13-14,16H2/b9-4-. The molecular weight excluding hydrogens is 338 g/mol. The lowest BCUT2D eigenvalue weighted by molar-refractivity contribution is -0.138. The van der Waals surface area contributed by atoms with Gasteiger partial charge in [0.2, 0.25) is 5.91 Å². The molecule has 3 aliphatic rings. The van der Waals surface area contributed by atoms with Crippen LogP contribution in [0, 0.1) is 11.8 Å². The van der Waals surface area contributed by atoms with Gasteiger partial charge in [-0.2, -0.15) is 0 Å². The van der Waals surface area contributed by atoms with Crippen LogP contribution in [0.2, 0.25) is 0 Å². The van der Waals surface area contributed by atoms with Crippen LogP contribution >= 0.6 is 0 Å². The Hall–Kier alpha value is -3.14. The molecule has 0 aromatic rings. The summed E-state index contributed by atoms with van der Waals surface area (Å²) in [5, 5.41) is 0. The number of hydrogen-bond acceptors (Lipinski definition) is 3. The average molecular weight is 361 g/mol. The number of fused-ring (bicyclic) bond motifs is 1. The molecule has 0 bridgehead atoms. The monoisotopic (exact) mass is 361 g/mol. The Balaban J connectivity index is 1.77. The first-order valence-electron chi connectivity index (χ1n) is 8.99. The minimum Gasteiger partial charge on any atom is -0.497 e. The smallest absolute Gasteiger partial charge is 0.257 e. The van der Waals surface area contributed by atoms with Gasteiger partial charge in [0.25, 0.3) is 5.91 Å². The highest BCUT2D eigenvalue weighted by atomic mass is 16.5. The second kappa shape index (κ2) is 8.49. The van der Waals surface area contributed by atoms with E-state index in [0.29, 0.717) is 25.1 Å². The number of hydrogen-bond donors (Lipinski definition) is 0. The van der Waals surface area contributed by atoms with Gasteiger partial charge in [0, 0.05) is 18.0 Å². The number of ether oxygens (including phenoxy) is 1. The lowest BCUT2D eigenvalue weighted by Crippen LogP contribution is -2.33. The number of amides is 2. The van der Waals surface area contributed by atoms with Gasteiger partial charge in [-0.3, -0.25) is 14.5 Å². The third-order valence-corrected chi connectivity index (χ3v) is 4.88. The molecule has 0 aromatic heterocycles. The Morgan fingerprint density at radius 1 is 1.26 bits per heavy atom. The third kappa shape index (κ3) is 4.00. The SMILES string of the molecule is C=C/C=C\C(=C)C(CCN1C(=O)C2=CC=CC=CC2C1=O)C1=CC=COC1. The first-order chi connectivity index (χ1) is 13.1. The van der Waals surface area contributed by atoms with E-state index >= 15 is 0 Å². The van der Waals surface area contributed by atoms with Crippen LogP contribution in [0.4, 0.5) is 0 Å². The lowest BCUT2D eigenvalue weighted by atomic mass is 9.87. The first-order valence-corrected chi connectivity index (χ1v) is 8.99. The molecule has 2 heterocycles. The molecule has 0 saturated carbocycles. The zero-order chi connectivity index (χ0) is 19.2. The molecule has 1 fully saturated rings. The Morgan fingerprint density at radius 2 is 2.11 bits per heavy atom. The quantitative estimate of drug-likeness (QED) is 0.512. The zero-order valence-corrected chi connectivity index (χ0v) is 15.2. The summed E-state index contributed by atoms with van der Waals surface area (Å²) in [5.41, 5.74) is 2.51. The molecule has 0 radical (unpaired) electrons. The van der Waals surface area contributed by atoms with Gasteiger partial charge in [-0.05, 0) is 23.6 Å². The summed E-state index contributed by atoms with van der Waals surface area (Å²) in [6.45, 7) is 8.67. The van der Waals surface area contributed by atoms with E-state index in [0.717, 1.165) is 11.1 Å². The van der Waals surface area contributed by atoms with Crippen molar-refractivity contribution in [3.63, 3.8) is 0 Å². The zero-order valence-electron chi connectivity index (χ0n) is 15.2. The van der Waals surface area contributed by atoms with Gasteiger partial charge >= 0.3 is 0 Å². The molecule has 4 nitrogen and oxygen atoms in total. The van der Waals surface area contributed by atoms with Gasteiger partial charge in [-0.1, -0.05) is 67.8 Å². The Morgan fingerprint density at radius 3 is 2.85 bits per heavy atom. The van der Waals surface area contributed by atoms with E-state index in [4.69, 9.17) is 4.74 Å². The van der Waals surface area contributed by atoms with Crippen molar-refractivity contribution in [3.05, 3.63) is 96.9 Å². The van der Waals surface area contributed by atoms with Gasteiger partial charge in [0.15, 0.2) is 0 Å². The summed E-state index contributed by atoms with van der Waals surface area (Å²) in [6, 6.07) is 0.